The lowest BCUT2D eigenvalue weighted by atomic mass is 9.95. The van der Waals surface area contributed by atoms with Gasteiger partial charge in [0, 0.05) is 0 Å². The smallest absolute Gasteiger partial charge is 0.297 e. The summed E-state index contributed by atoms with van der Waals surface area (Å²) >= 11 is 0. The molecule has 0 saturated carbocycles. The third-order valence-electron chi connectivity index (χ3n) is 26.8. The monoisotopic (exact) mass is 2130 g/mol. The fourth-order valence-electron chi connectivity index (χ4n) is 16.0. The summed E-state index contributed by atoms with van der Waals surface area (Å²) in [6, 6.07) is 25.7. The van der Waals surface area contributed by atoms with Crippen molar-refractivity contribution in [3.63, 3.8) is 0 Å². The van der Waals surface area contributed by atoms with E-state index < -0.39 is 363 Å². The van der Waals surface area contributed by atoms with Crippen LogP contribution in [0.3, 0.4) is 0 Å². The van der Waals surface area contributed by atoms with E-state index in [4.69, 9.17) is 96.1 Å². The third kappa shape index (κ3) is 26.0. The zero-order valence-corrected chi connectivity index (χ0v) is 85.7. The van der Waals surface area contributed by atoms with Crippen LogP contribution < -0.4 is 0 Å². The molecule has 792 valence electrons. The van der Waals surface area contributed by atoms with Crippen molar-refractivity contribution >= 4 is 67.2 Å². The summed E-state index contributed by atoms with van der Waals surface area (Å²) in [5.74, 6) is 0. The Morgan fingerprint density at radius 2 is 0.348 bits per heavy atom. The molecule has 0 aromatic heterocycles. The molecule has 35 atom stereocenters. The largest absolute Gasteiger partial charge is 0.414 e. The van der Waals surface area contributed by atoms with Crippen LogP contribution in [0.4, 0.5) is 0 Å². The van der Waals surface area contributed by atoms with Gasteiger partial charge in [0.05, 0.1) is 70.7 Å². The SMILES string of the molecule is Cc1ccc(S(=O)(=O)OC[C@H]2O[C@@H]3O[C@H]4[C@H](O)[C@@H](O)[C@@H](O[C@H]5[C@H](O)[C@@H](O)[C@@H](O[C@H]6[C@H](O)[C@@H](O)[C@@H](O[C@H]7[C@H](O)[C@@H](O)[C@@H](O[C@H]8[C@H](O)[C@@H](O)[C@@H](O[C@H]9[C@H](O)[C@@H](O)[C@@H](O[C@H]2[C@H](O)[C@H]3O)O[C@@H]9CO[Si](C)(C)C(C)(C)C)O[C@@H]8CO[Si](C)(C)C(C)(C)C)O[C@@H]7COS(=O)(=O)c2ccc(C)cc2)O[C@@H]6COS(=O)(=O)c2ccc(C)cc2)O[C@@H]5COS(=O)(=O)c2ccc(C)cc2)O[C@@H]4COS(=O)(=O)c2ccc(C)cc2)cc1. The normalized spacial score (nSPS) is 36.6. The Hall–Kier alpha value is -5.12. The Labute approximate surface area is 819 Å². The molecule has 45 nitrogen and oxygen atoms in total. The van der Waals surface area contributed by atoms with E-state index in [0.717, 1.165) is 36.4 Å². The minimum absolute atomic E-state index is 0.440. The highest BCUT2D eigenvalue weighted by atomic mass is 32.2. The number of hydrogen-bond donors (Lipinski definition) is 14. The highest BCUT2D eigenvalue weighted by Gasteiger charge is 2.62. The van der Waals surface area contributed by atoms with Crippen LogP contribution in [-0.2, 0) is 147 Å². The molecule has 14 bridgehead atoms. The number of hydrogen-bond acceptors (Lipinski definition) is 45. The average Bonchev–Trinajstić information content (AvgIpc) is 0.800. The van der Waals surface area contributed by atoms with Crippen LogP contribution in [0.25, 0.3) is 0 Å². The lowest BCUT2D eigenvalue weighted by Gasteiger charge is -2.50. The number of aliphatic hydroxyl groups is 14. The van der Waals surface area contributed by atoms with Crippen molar-refractivity contribution in [1.82, 2.24) is 0 Å². The molecule has 21 saturated heterocycles. The molecule has 21 heterocycles. The van der Waals surface area contributed by atoms with Gasteiger partial charge in [-0.05, 0) is 132 Å². The van der Waals surface area contributed by atoms with Crippen molar-refractivity contribution in [2.75, 3.05) is 46.2 Å². The summed E-state index contributed by atoms with van der Waals surface area (Å²) < 4.78 is 272. The maximum Gasteiger partial charge on any atom is 0.297 e. The van der Waals surface area contributed by atoms with Gasteiger partial charge in [-0.3, -0.25) is 20.9 Å². The second kappa shape index (κ2) is 45.0. The fraction of sp³-hybridized carbons (Fsp3) is 0.663. The van der Waals surface area contributed by atoms with Crippen LogP contribution >= 0.6 is 0 Å². The first kappa shape index (κ1) is 113. The van der Waals surface area contributed by atoms with E-state index in [1.54, 1.807) is 34.6 Å². The Kier molecular flexibility index (Phi) is 36.0. The van der Waals surface area contributed by atoms with Crippen molar-refractivity contribution in [2.45, 2.75) is 352 Å². The molecule has 0 unspecified atom stereocenters. The van der Waals surface area contributed by atoms with Gasteiger partial charge in [0.1, 0.15) is 171 Å². The highest BCUT2D eigenvalue weighted by Crippen LogP contribution is 2.45. The van der Waals surface area contributed by atoms with Gasteiger partial charge >= 0.3 is 0 Å². The van der Waals surface area contributed by atoms with Crippen LogP contribution in [0.2, 0.25) is 36.3 Å². The maximum absolute atomic E-state index is 14.3. The Morgan fingerprint density at radius 3 is 0.475 bits per heavy atom. The summed E-state index contributed by atoms with van der Waals surface area (Å²) in [4.78, 5) is -2.33. The van der Waals surface area contributed by atoms with E-state index in [9.17, 15) is 114 Å². The van der Waals surface area contributed by atoms with Gasteiger partial charge in [0.25, 0.3) is 50.6 Å². The molecular formula is C89H128O45S5Si2. The van der Waals surface area contributed by atoms with Gasteiger partial charge in [0.2, 0.25) is 0 Å². The Bertz CT molecular complexity index is 5390. The van der Waals surface area contributed by atoms with Crippen LogP contribution in [-0.4, -0.2) is 391 Å². The fourth-order valence-corrected chi connectivity index (χ4v) is 22.6. The van der Waals surface area contributed by atoms with Gasteiger partial charge in [0.15, 0.2) is 60.7 Å². The van der Waals surface area contributed by atoms with Crippen molar-refractivity contribution in [2.24, 2.45) is 0 Å². The second-order valence-electron chi connectivity index (χ2n) is 39.3. The van der Waals surface area contributed by atoms with Gasteiger partial charge in [-0.2, -0.15) is 42.1 Å². The second-order valence-corrected chi connectivity index (χ2v) is 57.0. The molecule has 0 aliphatic carbocycles. The minimum atomic E-state index is -4.98. The number of aryl methyl sites for hydroxylation is 5. The summed E-state index contributed by atoms with van der Waals surface area (Å²) in [5, 5.41) is 175. The molecule has 0 radical (unpaired) electrons. The summed E-state index contributed by atoms with van der Waals surface area (Å²) in [5.41, 5.74) is 2.95. The zero-order chi connectivity index (χ0) is 103. The van der Waals surface area contributed by atoms with E-state index in [0.29, 0.717) is 27.8 Å². The number of benzene rings is 5. The van der Waals surface area contributed by atoms with E-state index in [1.165, 1.54) is 84.9 Å². The van der Waals surface area contributed by atoms with Crippen LogP contribution in [0, 0.1) is 34.6 Å². The van der Waals surface area contributed by atoms with Gasteiger partial charge < -0.3 is 147 Å². The molecular weight excluding hydrogens is 2010 g/mol. The lowest BCUT2D eigenvalue weighted by Crippen LogP contribution is -2.68. The highest BCUT2D eigenvalue weighted by molar-refractivity contribution is 7.87. The Morgan fingerprint density at radius 1 is 0.220 bits per heavy atom. The van der Waals surface area contributed by atoms with E-state index in [2.05, 4.69) is 0 Å². The summed E-state index contributed by atoms with van der Waals surface area (Å²) in [7, 11) is -30.8. The predicted octanol–water partition coefficient (Wildman–Crippen LogP) is -0.564. The van der Waals surface area contributed by atoms with Crippen LogP contribution in [0.15, 0.2) is 146 Å². The van der Waals surface area contributed by atoms with Crippen molar-refractivity contribution < 1.29 is 210 Å². The van der Waals surface area contributed by atoms with Crippen molar-refractivity contribution in [3.05, 3.63) is 149 Å². The number of ether oxygens (including phenoxy) is 14. The quantitative estimate of drug-likeness (QED) is 0.0244. The van der Waals surface area contributed by atoms with E-state index >= 15 is 0 Å². The maximum atomic E-state index is 14.3. The predicted molar refractivity (Wildman–Crippen MR) is 487 cm³/mol. The van der Waals surface area contributed by atoms with Gasteiger partial charge in [-0.1, -0.05) is 130 Å². The summed E-state index contributed by atoms with van der Waals surface area (Å²) in [6.45, 7) is 19.0. The molecule has 0 amide bonds. The minimum Gasteiger partial charge on any atom is -0.414 e. The molecule has 26 rings (SSSR count). The van der Waals surface area contributed by atoms with E-state index in [-0.39, 0.29) is 0 Å². The topological polar surface area (TPSA) is 648 Å². The van der Waals surface area contributed by atoms with E-state index in [1.807, 2.05) is 67.7 Å². The molecule has 14 N–H and O–H groups in total. The molecule has 0 spiro atoms. The van der Waals surface area contributed by atoms with Crippen molar-refractivity contribution in [3.8, 4) is 0 Å². The Balaban J connectivity index is 0.938. The van der Waals surface area contributed by atoms with Crippen LogP contribution in [0.1, 0.15) is 69.4 Å². The molecule has 5 aromatic rings. The first-order chi connectivity index (χ1) is 65.7. The van der Waals surface area contributed by atoms with Crippen LogP contribution in [0.5, 0.6) is 0 Å². The average molecular weight is 2130 g/mol. The molecule has 5 aromatic carbocycles. The molecule has 21 fully saturated rings. The molecule has 21 aliphatic rings. The molecule has 21 aliphatic heterocycles. The van der Waals surface area contributed by atoms with Gasteiger partial charge in [-0.25, -0.2) is 0 Å². The molecule has 52 heteroatoms. The molecule has 141 heavy (non-hydrogen) atoms. The lowest BCUT2D eigenvalue weighted by molar-refractivity contribution is -0.395. The zero-order valence-electron chi connectivity index (χ0n) is 79.7. The summed E-state index contributed by atoms with van der Waals surface area (Å²) in [6.07, 6.45) is -82.3. The number of aliphatic hydroxyl groups excluding tert-OH is 14. The first-order valence-electron chi connectivity index (χ1n) is 45.5. The standard InChI is InChI=1S/C89H128O45S5Si2/c1-43-16-26-48(27-17-43)135(104,105)114-36-53-74-60(90)67(97)81(121-53)129-75-54(37-115-136(106,107)49-28-18-44(2)19-29-49)123-83(69(99)62(75)92)131-77-56(39-117-138(110,111)51-32-22-46(4)23-33-51)125-85(71(101)64(77)94)133-79-58(41-119-140(12,13)88(6,7)8)127-87(73(103)66(79)96)134-80-59(42-120-141(14,15)89(9,10)11)126-86(72(102)65(80)95)132-78-57(40-118-139(112,113)52-34-24-47(5)25-35-52)124-84(70(100)63(78)93)130-76-55(122-82(128-74)68(98)61(76)91)38-116-137(108,109)50-30-20-45(3)21-31-50/h16-35,53-87,90-103H,36-42H2,1-15H3/t53-,54-,55-,56-,57-,58-,59-,60-,61-,62-,63-,64-,65-,66-,67-,68-,69-,70-,71-,72-,73-,74-,75-,76-,77-,78-,79-,80-,81-,82-,83-,84-,85-,86-,87-/m1/s1. The number of rotatable bonds is 26. The van der Waals surface area contributed by atoms with Gasteiger partial charge in [-0.15, -0.1) is 0 Å². The first-order valence-corrected chi connectivity index (χ1v) is 58.3. The van der Waals surface area contributed by atoms with Crippen molar-refractivity contribution in [1.29, 1.82) is 0 Å². The third-order valence-corrected chi connectivity index (χ3v) is 42.3.